The molecule has 1 aromatic heterocycles. The van der Waals surface area contributed by atoms with Gasteiger partial charge in [-0.1, -0.05) is 12.1 Å². The highest BCUT2D eigenvalue weighted by molar-refractivity contribution is 5.96. The molecule has 0 aliphatic rings. The zero-order chi connectivity index (χ0) is 15.4. The van der Waals surface area contributed by atoms with Crippen LogP contribution in [0.15, 0.2) is 22.7 Å². The Labute approximate surface area is 122 Å². The third-order valence-corrected chi connectivity index (χ3v) is 3.12. The van der Waals surface area contributed by atoms with Crippen molar-refractivity contribution < 1.29 is 23.9 Å². The van der Waals surface area contributed by atoms with Crippen LogP contribution in [0, 0.1) is 0 Å². The van der Waals surface area contributed by atoms with Gasteiger partial charge >= 0.3 is 5.97 Å². The highest BCUT2D eigenvalue weighted by Gasteiger charge is 2.25. The minimum Gasteiger partial charge on any atom is -0.497 e. The van der Waals surface area contributed by atoms with Gasteiger partial charge in [-0.2, -0.15) is 0 Å². The molecule has 0 aliphatic carbocycles. The second kappa shape index (κ2) is 6.30. The number of aromatic carboxylic acids is 1. The van der Waals surface area contributed by atoms with Crippen molar-refractivity contribution in [1.82, 2.24) is 5.16 Å². The van der Waals surface area contributed by atoms with E-state index in [-0.39, 0.29) is 11.3 Å². The number of rotatable bonds is 6. The first-order valence-corrected chi connectivity index (χ1v) is 6.56. The Bertz CT molecular complexity index is 648. The molecule has 2 aromatic rings. The lowest BCUT2D eigenvalue weighted by Crippen LogP contribution is -2.02. The van der Waals surface area contributed by atoms with Gasteiger partial charge in [0.1, 0.15) is 22.8 Å². The lowest BCUT2D eigenvalue weighted by atomic mass is 10.0. The number of hydrogen-bond acceptors (Lipinski definition) is 5. The zero-order valence-electron chi connectivity index (χ0n) is 12.2. The predicted octanol–water partition coefficient (Wildman–Crippen LogP) is 3.01. The lowest BCUT2D eigenvalue weighted by molar-refractivity contribution is 0.0695. The van der Waals surface area contributed by atoms with Gasteiger partial charge in [0.05, 0.1) is 14.2 Å². The minimum atomic E-state index is -1.06. The second-order valence-corrected chi connectivity index (χ2v) is 4.45. The molecule has 0 fully saturated rings. The smallest absolute Gasteiger partial charge is 0.341 e. The molecule has 21 heavy (non-hydrogen) atoms. The Hall–Kier alpha value is -2.50. The number of carboxylic acids is 1. The third kappa shape index (κ3) is 2.84. The van der Waals surface area contributed by atoms with Crippen LogP contribution in [0.2, 0.25) is 0 Å². The maximum atomic E-state index is 11.5. The summed E-state index contributed by atoms with van der Waals surface area (Å²) in [4.78, 5) is 11.5. The summed E-state index contributed by atoms with van der Waals surface area (Å²) in [6.45, 7) is 1.95. The summed E-state index contributed by atoms with van der Waals surface area (Å²) in [5.41, 5.74) is 0.910. The molecule has 2 rings (SSSR count). The molecule has 6 nitrogen and oxygen atoms in total. The summed E-state index contributed by atoms with van der Waals surface area (Å²) in [6.07, 6.45) is 1.29. The van der Waals surface area contributed by atoms with Crippen LogP contribution in [0.25, 0.3) is 11.3 Å². The molecule has 0 bridgehead atoms. The molecule has 0 saturated carbocycles. The van der Waals surface area contributed by atoms with Crippen LogP contribution in [0.4, 0.5) is 0 Å². The van der Waals surface area contributed by atoms with Gasteiger partial charge in [-0.15, -0.1) is 0 Å². The van der Waals surface area contributed by atoms with Crippen molar-refractivity contribution >= 4 is 5.97 Å². The molecule has 1 aromatic carbocycles. The minimum absolute atomic E-state index is 0.0836. The van der Waals surface area contributed by atoms with E-state index in [1.165, 1.54) is 7.11 Å². The number of benzene rings is 1. The fraction of sp³-hybridized carbons (Fsp3) is 0.333. The van der Waals surface area contributed by atoms with Crippen molar-refractivity contribution in [1.29, 1.82) is 0 Å². The Morgan fingerprint density at radius 3 is 2.67 bits per heavy atom. The lowest BCUT2D eigenvalue weighted by Gasteiger charge is -2.08. The highest BCUT2D eigenvalue weighted by Crippen LogP contribution is 2.35. The topological polar surface area (TPSA) is 81.8 Å². The van der Waals surface area contributed by atoms with Gasteiger partial charge in [0.15, 0.2) is 5.76 Å². The summed E-state index contributed by atoms with van der Waals surface area (Å²) in [6, 6.07) is 5.10. The van der Waals surface area contributed by atoms with Gasteiger partial charge in [-0.25, -0.2) is 4.79 Å². The highest BCUT2D eigenvalue weighted by atomic mass is 16.5. The van der Waals surface area contributed by atoms with E-state index in [4.69, 9.17) is 14.0 Å². The number of hydrogen-bond donors (Lipinski definition) is 1. The molecule has 0 saturated heterocycles. The first-order chi connectivity index (χ1) is 10.1. The molecule has 1 heterocycles. The van der Waals surface area contributed by atoms with Crippen molar-refractivity contribution in [3.05, 3.63) is 29.5 Å². The average molecular weight is 291 g/mol. The van der Waals surface area contributed by atoms with E-state index >= 15 is 0 Å². The normalized spacial score (nSPS) is 10.4. The number of methoxy groups -OCH3 is 2. The van der Waals surface area contributed by atoms with E-state index < -0.39 is 5.97 Å². The second-order valence-electron chi connectivity index (χ2n) is 4.45. The maximum Gasteiger partial charge on any atom is 0.341 e. The van der Waals surface area contributed by atoms with Crippen molar-refractivity contribution in [2.24, 2.45) is 0 Å². The van der Waals surface area contributed by atoms with Gasteiger partial charge in [-0.05, 0) is 18.6 Å². The van der Waals surface area contributed by atoms with Gasteiger partial charge in [0.2, 0.25) is 0 Å². The molecule has 0 spiro atoms. The molecule has 6 heteroatoms. The Kier molecular flexibility index (Phi) is 4.47. The molecular formula is C15H17NO5. The van der Waals surface area contributed by atoms with Crippen LogP contribution in [0.3, 0.4) is 0 Å². The number of carboxylic acid groups (broad SMARTS) is 1. The first-order valence-electron chi connectivity index (χ1n) is 6.56. The number of aromatic nitrogens is 1. The van der Waals surface area contributed by atoms with Gasteiger partial charge in [-0.3, -0.25) is 0 Å². The van der Waals surface area contributed by atoms with Crippen LogP contribution in [0.5, 0.6) is 11.5 Å². The maximum absolute atomic E-state index is 11.5. The van der Waals surface area contributed by atoms with Crippen LogP contribution in [-0.4, -0.2) is 30.5 Å². The average Bonchev–Trinajstić information content (AvgIpc) is 2.90. The summed E-state index contributed by atoms with van der Waals surface area (Å²) in [7, 11) is 3.05. The molecule has 0 aliphatic heterocycles. The standard InChI is InChI=1S/C15H17NO5/c1-4-5-11-13(15(17)18)14(16-21-11)10-7-6-9(19-2)8-12(10)20-3/h6-8H,4-5H2,1-3H3,(H,17,18). The quantitative estimate of drug-likeness (QED) is 0.881. The zero-order valence-corrected chi connectivity index (χ0v) is 12.2. The van der Waals surface area contributed by atoms with Crippen molar-refractivity contribution in [2.45, 2.75) is 19.8 Å². The third-order valence-electron chi connectivity index (χ3n) is 3.12. The van der Waals surface area contributed by atoms with Crippen LogP contribution in [-0.2, 0) is 6.42 Å². The van der Waals surface area contributed by atoms with Crippen LogP contribution < -0.4 is 9.47 Å². The Morgan fingerprint density at radius 1 is 1.33 bits per heavy atom. The van der Waals surface area contributed by atoms with E-state index in [2.05, 4.69) is 5.16 Å². The Balaban J connectivity index is 2.58. The van der Waals surface area contributed by atoms with E-state index in [1.54, 1.807) is 25.3 Å². The van der Waals surface area contributed by atoms with Crippen molar-refractivity contribution in [3.8, 4) is 22.8 Å². The molecule has 0 atom stereocenters. The fourth-order valence-electron chi connectivity index (χ4n) is 2.12. The summed E-state index contributed by atoms with van der Waals surface area (Å²) in [5, 5.41) is 13.3. The van der Waals surface area contributed by atoms with Crippen molar-refractivity contribution in [3.63, 3.8) is 0 Å². The van der Waals surface area contributed by atoms with E-state index in [0.29, 0.717) is 29.2 Å². The molecule has 0 radical (unpaired) electrons. The van der Waals surface area contributed by atoms with E-state index in [0.717, 1.165) is 6.42 Å². The number of aryl methyl sites for hydroxylation is 1. The van der Waals surface area contributed by atoms with Gasteiger partial charge < -0.3 is 19.1 Å². The molecule has 112 valence electrons. The van der Waals surface area contributed by atoms with Crippen LogP contribution >= 0.6 is 0 Å². The van der Waals surface area contributed by atoms with Crippen LogP contribution in [0.1, 0.15) is 29.5 Å². The summed E-state index contributed by atoms with van der Waals surface area (Å²) in [5.74, 6) is 0.406. The van der Waals surface area contributed by atoms with Crippen molar-refractivity contribution in [2.75, 3.05) is 14.2 Å². The molecule has 0 amide bonds. The van der Waals surface area contributed by atoms with Gasteiger partial charge in [0, 0.05) is 18.1 Å². The first kappa shape index (κ1) is 14.9. The largest absolute Gasteiger partial charge is 0.497 e. The predicted molar refractivity (Wildman–Crippen MR) is 76.0 cm³/mol. The molecular weight excluding hydrogens is 274 g/mol. The van der Waals surface area contributed by atoms with E-state index in [1.807, 2.05) is 6.92 Å². The van der Waals surface area contributed by atoms with Gasteiger partial charge in [0.25, 0.3) is 0 Å². The number of ether oxygens (including phenoxy) is 2. The summed E-state index contributed by atoms with van der Waals surface area (Å²) >= 11 is 0. The number of nitrogens with zero attached hydrogens (tertiary/aromatic N) is 1. The fourth-order valence-corrected chi connectivity index (χ4v) is 2.12. The molecule has 0 unspecified atom stereocenters. The molecule has 1 N–H and O–H groups in total. The monoisotopic (exact) mass is 291 g/mol. The SMILES string of the molecule is CCCc1onc(-c2ccc(OC)cc2OC)c1C(=O)O. The van der Waals surface area contributed by atoms with E-state index in [9.17, 15) is 9.90 Å². The summed E-state index contributed by atoms with van der Waals surface area (Å²) < 4.78 is 15.6. The Morgan fingerprint density at radius 2 is 2.10 bits per heavy atom. The number of carbonyl (C=O) groups is 1.